The van der Waals surface area contributed by atoms with Crippen molar-refractivity contribution in [3.63, 3.8) is 0 Å². The molecule has 1 aliphatic carbocycles. The van der Waals surface area contributed by atoms with Crippen molar-refractivity contribution in [1.82, 2.24) is 10.3 Å². The molecule has 2 rings (SSSR count). The van der Waals surface area contributed by atoms with E-state index in [-0.39, 0.29) is 0 Å². The van der Waals surface area contributed by atoms with Gasteiger partial charge in [-0.1, -0.05) is 13.8 Å². The summed E-state index contributed by atoms with van der Waals surface area (Å²) in [4.78, 5) is 7.13. The van der Waals surface area contributed by atoms with Crippen LogP contribution in [0.2, 0.25) is 0 Å². The summed E-state index contributed by atoms with van der Waals surface area (Å²) in [5.74, 6) is 1.81. The third-order valence-corrected chi connectivity index (χ3v) is 3.78. The van der Waals surface area contributed by atoms with E-state index in [0.29, 0.717) is 12.0 Å². The molecule has 118 valence electrons. The fourth-order valence-corrected chi connectivity index (χ4v) is 2.57. The van der Waals surface area contributed by atoms with E-state index < -0.39 is 0 Å². The number of pyridine rings is 1. The second-order valence-corrected chi connectivity index (χ2v) is 6.43. The highest BCUT2D eigenvalue weighted by molar-refractivity contribution is 5.49. The van der Waals surface area contributed by atoms with E-state index in [9.17, 15) is 0 Å². The molecular weight excluding hydrogens is 262 g/mol. The zero-order valence-corrected chi connectivity index (χ0v) is 13.9. The Labute approximate surface area is 128 Å². The number of hydrogen-bond donors (Lipinski definition) is 1. The molecule has 0 atom stereocenters. The van der Waals surface area contributed by atoms with Gasteiger partial charge in [-0.05, 0) is 49.4 Å². The smallest absolute Gasteiger partial charge is 0.131 e. The van der Waals surface area contributed by atoms with Gasteiger partial charge in [0.05, 0.1) is 6.61 Å². The van der Waals surface area contributed by atoms with Crippen molar-refractivity contribution in [2.45, 2.75) is 46.2 Å². The van der Waals surface area contributed by atoms with Crippen molar-refractivity contribution < 1.29 is 4.74 Å². The molecule has 4 heteroatoms. The van der Waals surface area contributed by atoms with Crippen molar-refractivity contribution in [2.24, 2.45) is 5.92 Å². The molecular formula is C17H29N3O. The first kappa shape index (κ1) is 16.2. The Hall–Kier alpha value is -1.13. The molecule has 0 unspecified atom stereocenters. The van der Waals surface area contributed by atoms with Gasteiger partial charge >= 0.3 is 0 Å². The lowest BCUT2D eigenvalue weighted by Crippen LogP contribution is -2.31. The van der Waals surface area contributed by atoms with E-state index in [1.807, 2.05) is 6.20 Å². The summed E-state index contributed by atoms with van der Waals surface area (Å²) in [6, 6.07) is 2.92. The third-order valence-electron chi connectivity index (χ3n) is 3.78. The van der Waals surface area contributed by atoms with Gasteiger partial charge in [-0.3, -0.25) is 0 Å². The second-order valence-electron chi connectivity index (χ2n) is 6.43. The minimum absolute atomic E-state index is 0.663. The number of nitrogens with one attached hydrogen (secondary N) is 1. The largest absolute Gasteiger partial charge is 0.383 e. The zero-order chi connectivity index (χ0) is 15.2. The Morgan fingerprint density at radius 2 is 2.19 bits per heavy atom. The SMILES string of the molecule is COCCN(c1ncc(CNCC(C)C)cc1C)C1CC1. The van der Waals surface area contributed by atoms with Gasteiger partial charge in [0, 0.05) is 32.4 Å². The summed E-state index contributed by atoms with van der Waals surface area (Å²) in [6.45, 7) is 10.2. The van der Waals surface area contributed by atoms with Crippen LogP contribution in [0.1, 0.15) is 37.8 Å². The minimum atomic E-state index is 0.663. The Kier molecular flexibility index (Phi) is 6.00. The van der Waals surface area contributed by atoms with Crippen molar-refractivity contribution in [3.05, 3.63) is 23.4 Å². The van der Waals surface area contributed by atoms with Crippen LogP contribution in [0.4, 0.5) is 5.82 Å². The van der Waals surface area contributed by atoms with Crippen LogP contribution in [0, 0.1) is 12.8 Å². The molecule has 0 aliphatic heterocycles. The number of aryl methyl sites for hydroxylation is 1. The summed E-state index contributed by atoms with van der Waals surface area (Å²) in [5, 5.41) is 3.47. The average molecular weight is 291 g/mol. The Morgan fingerprint density at radius 1 is 1.43 bits per heavy atom. The van der Waals surface area contributed by atoms with Gasteiger partial charge in [0.2, 0.25) is 0 Å². The van der Waals surface area contributed by atoms with Gasteiger partial charge in [0.15, 0.2) is 0 Å². The highest BCUT2D eigenvalue weighted by Gasteiger charge is 2.30. The van der Waals surface area contributed by atoms with Gasteiger partial charge in [-0.25, -0.2) is 4.98 Å². The zero-order valence-electron chi connectivity index (χ0n) is 13.9. The Morgan fingerprint density at radius 3 is 2.76 bits per heavy atom. The molecule has 0 spiro atoms. The lowest BCUT2D eigenvalue weighted by atomic mass is 10.1. The lowest BCUT2D eigenvalue weighted by Gasteiger charge is -2.25. The maximum Gasteiger partial charge on any atom is 0.131 e. The first-order chi connectivity index (χ1) is 10.1. The summed E-state index contributed by atoms with van der Waals surface area (Å²) < 4.78 is 5.23. The highest BCUT2D eigenvalue weighted by atomic mass is 16.5. The Bertz CT molecular complexity index is 444. The standard InChI is InChI=1S/C17H29N3O/c1-13(2)10-18-11-15-9-14(3)17(19-12-15)20(7-8-21-4)16-5-6-16/h9,12-13,16,18H,5-8,10-11H2,1-4H3. The predicted molar refractivity (Wildman–Crippen MR) is 87.8 cm³/mol. The quantitative estimate of drug-likeness (QED) is 0.759. The van der Waals surface area contributed by atoms with Crippen molar-refractivity contribution >= 4 is 5.82 Å². The number of aromatic nitrogens is 1. The van der Waals surface area contributed by atoms with Crippen molar-refractivity contribution in [3.8, 4) is 0 Å². The molecule has 1 aromatic heterocycles. The van der Waals surface area contributed by atoms with Crippen LogP contribution in [0.25, 0.3) is 0 Å². The topological polar surface area (TPSA) is 37.4 Å². The van der Waals surface area contributed by atoms with Crippen LogP contribution in [-0.4, -0.2) is 37.8 Å². The van der Waals surface area contributed by atoms with Gasteiger partial charge in [-0.15, -0.1) is 0 Å². The normalized spacial score (nSPS) is 14.7. The molecule has 0 bridgehead atoms. The maximum atomic E-state index is 5.23. The van der Waals surface area contributed by atoms with E-state index in [0.717, 1.165) is 32.1 Å². The summed E-state index contributed by atoms with van der Waals surface area (Å²) in [6.07, 6.45) is 4.57. The van der Waals surface area contributed by atoms with E-state index >= 15 is 0 Å². The molecule has 0 aromatic carbocycles. The number of nitrogens with zero attached hydrogens (tertiary/aromatic N) is 2. The van der Waals surface area contributed by atoms with Crippen molar-refractivity contribution in [2.75, 3.05) is 31.7 Å². The Balaban J connectivity index is 1.99. The molecule has 1 saturated carbocycles. The lowest BCUT2D eigenvalue weighted by molar-refractivity contribution is 0.204. The first-order valence-electron chi connectivity index (χ1n) is 8.03. The average Bonchev–Trinajstić information content (AvgIpc) is 3.25. The van der Waals surface area contributed by atoms with Crippen LogP contribution in [0.15, 0.2) is 12.3 Å². The molecule has 1 heterocycles. The third kappa shape index (κ3) is 4.97. The molecule has 1 aromatic rings. The van der Waals surface area contributed by atoms with Gasteiger partial charge in [0.1, 0.15) is 5.82 Å². The molecule has 0 saturated heterocycles. The number of anilines is 1. The van der Waals surface area contributed by atoms with E-state index in [1.165, 1.54) is 24.0 Å². The number of rotatable bonds is 9. The first-order valence-corrected chi connectivity index (χ1v) is 8.03. The predicted octanol–water partition coefficient (Wildman–Crippen LogP) is 2.75. The highest BCUT2D eigenvalue weighted by Crippen LogP contribution is 2.32. The fourth-order valence-electron chi connectivity index (χ4n) is 2.57. The maximum absolute atomic E-state index is 5.23. The van der Waals surface area contributed by atoms with Crippen molar-refractivity contribution in [1.29, 1.82) is 0 Å². The molecule has 1 aliphatic rings. The van der Waals surface area contributed by atoms with Crippen LogP contribution >= 0.6 is 0 Å². The van der Waals surface area contributed by atoms with E-state index in [4.69, 9.17) is 9.72 Å². The van der Waals surface area contributed by atoms with Crippen LogP contribution in [-0.2, 0) is 11.3 Å². The molecule has 21 heavy (non-hydrogen) atoms. The number of ether oxygens (including phenoxy) is 1. The van der Waals surface area contributed by atoms with Gasteiger partial charge in [-0.2, -0.15) is 0 Å². The summed E-state index contributed by atoms with van der Waals surface area (Å²) >= 11 is 0. The molecule has 1 fully saturated rings. The number of methoxy groups -OCH3 is 1. The molecule has 1 N–H and O–H groups in total. The van der Waals surface area contributed by atoms with E-state index in [2.05, 4.69) is 37.1 Å². The second kappa shape index (κ2) is 7.76. The number of hydrogen-bond acceptors (Lipinski definition) is 4. The van der Waals surface area contributed by atoms with Crippen LogP contribution in [0.3, 0.4) is 0 Å². The monoisotopic (exact) mass is 291 g/mol. The fraction of sp³-hybridized carbons (Fsp3) is 0.706. The van der Waals surface area contributed by atoms with Gasteiger partial charge in [0.25, 0.3) is 0 Å². The summed E-state index contributed by atoms with van der Waals surface area (Å²) in [5.41, 5.74) is 2.53. The molecule has 0 radical (unpaired) electrons. The van der Waals surface area contributed by atoms with E-state index in [1.54, 1.807) is 7.11 Å². The van der Waals surface area contributed by atoms with Gasteiger partial charge < -0.3 is 15.0 Å². The van der Waals surface area contributed by atoms with Crippen LogP contribution in [0.5, 0.6) is 0 Å². The minimum Gasteiger partial charge on any atom is -0.383 e. The molecule has 0 amide bonds. The summed E-state index contributed by atoms with van der Waals surface area (Å²) in [7, 11) is 1.76. The molecule has 4 nitrogen and oxygen atoms in total. The van der Waals surface area contributed by atoms with Crippen LogP contribution < -0.4 is 10.2 Å².